The Bertz CT molecular complexity index is 680. The molecule has 0 amide bonds. The quantitative estimate of drug-likeness (QED) is 0.239. The normalized spacial score (nSPS) is 23.6. The third-order valence-electron chi connectivity index (χ3n) is 13.7. The molecule has 0 bridgehead atoms. The van der Waals surface area contributed by atoms with E-state index in [1.54, 1.807) is 0 Å². The molecule has 8 aliphatic heterocycles. The van der Waals surface area contributed by atoms with Gasteiger partial charge in [0.05, 0.1) is 0 Å². The Morgan fingerprint density at radius 2 is 0.259 bits per heavy atom. The highest BCUT2D eigenvalue weighted by Crippen LogP contribution is 2.10. The minimum atomic E-state index is 1.25. The van der Waals surface area contributed by atoms with Crippen LogP contribution in [0.3, 0.4) is 0 Å². The fourth-order valence-electron chi connectivity index (χ4n) is 8.70. The lowest BCUT2D eigenvalue weighted by molar-refractivity contribution is 0.192. The van der Waals surface area contributed by atoms with Crippen molar-refractivity contribution in [2.45, 2.75) is 171 Å². The lowest BCUT2D eigenvalue weighted by Crippen LogP contribution is -2.36. The van der Waals surface area contributed by atoms with E-state index in [0.29, 0.717) is 0 Å². The third kappa shape index (κ3) is 30.7. The molecular weight excluding hydrogens is 713 g/mol. The zero-order valence-corrected chi connectivity index (χ0v) is 41.3. The van der Waals surface area contributed by atoms with E-state index in [1.165, 1.54) is 273 Å². The van der Waals surface area contributed by atoms with Crippen LogP contribution in [0.4, 0.5) is 0 Å². The average molecular weight is 821 g/mol. The van der Waals surface area contributed by atoms with E-state index < -0.39 is 0 Å². The molecule has 0 saturated carbocycles. The summed E-state index contributed by atoms with van der Waals surface area (Å²) in [6.07, 6.45) is 25.8. The van der Waals surface area contributed by atoms with Gasteiger partial charge in [0.15, 0.2) is 0 Å². The third-order valence-corrected chi connectivity index (χ3v) is 13.7. The Morgan fingerprint density at radius 3 is 0.328 bits per heavy atom. The van der Waals surface area contributed by atoms with Gasteiger partial charge in [0.25, 0.3) is 0 Å². The van der Waals surface area contributed by atoms with Crippen molar-refractivity contribution in [1.82, 2.24) is 39.2 Å². The van der Waals surface area contributed by atoms with Gasteiger partial charge in [-0.1, -0.05) is 81.1 Å². The van der Waals surface area contributed by atoms with Crippen LogP contribution in [0.25, 0.3) is 0 Å². The number of likely N-dealkylation sites (tertiary alicyclic amines) is 8. The first-order chi connectivity index (χ1) is 28.5. The Hall–Kier alpha value is -0.320. The second-order valence-electron chi connectivity index (χ2n) is 17.8. The van der Waals surface area contributed by atoms with E-state index in [9.17, 15) is 0 Å². The van der Waals surface area contributed by atoms with Crippen LogP contribution in [0.5, 0.6) is 0 Å². The molecule has 0 aliphatic carbocycles. The van der Waals surface area contributed by atoms with Crippen LogP contribution < -0.4 is 0 Å². The van der Waals surface area contributed by atoms with Crippen molar-refractivity contribution in [3.05, 3.63) is 0 Å². The van der Waals surface area contributed by atoms with Crippen LogP contribution >= 0.6 is 0 Å². The zero-order chi connectivity index (χ0) is 42.3. The standard InChI is InChI=1S/4C7H15N.2C6H13N.2C5H11N/c4*1-2-8-6-4-3-5-7-8;2*1-2-7-5-3-4-6-7;2*1-2-6-4-3-5-6/h4*2-7H2,1H3;2*2-6H2,1H3;2*2-5H2,1H3. The Balaban J connectivity index is 0.000000332. The molecule has 0 aromatic rings. The molecule has 8 heterocycles. The van der Waals surface area contributed by atoms with Gasteiger partial charge < -0.3 is 39.2 Å². The van der Waals surface area contributed by atoms with Gasteiger partial charge in [0.1, 0.15) is 0 Å². The van der Waals surface area contributed by atoms with Gasteiger partial charge in [-0.15, -0.1) is 0 Å². The van der Waals surface area contributed by atoms with Crippen LogP contribution in [0, 0.1) is 0 Å². The molecule has 0 spiro atoms. The predicted octanol–water partition coefficient (Wildman–Crippen LogP) is 9.60. The van der Waals surface area contributed by atoms with Crippen LogP contribution in [-0.4, -0.2) is 196 Å². The lowest BCUT2D eigenvalue weighted by Gasteiger charge is -2.28. The van der Waals surface area contributed by atoms with Crippen molar-refractivity contribution in [2.75, 3.05) is 157 Å². The monoisotopic (exact) mass is 821 g/mol. The number of hydrogen-bond donors (Lipinski definition) is 0. The highest BCUT2D eigenvalue weighted by atomic mass is 15.2. The van der Waals surface area contributed by atoms with Gasteiger partial charge in [0, 0.05) is 0 Å². The average Bonchev–Trinajstić information content (AvgIpc) is 4.02. The van der Waals surface area contributed by atoms with Gasteiger partial charge in [-0.2, -0.15) is 0 Å². The molecule has 0 aromatic carbocycles. The summed E-state index contributed by atoms with van der Waals surface area (Å²) in [7, 11) is 0. The summed E-state index contributed by atoms with van der Waals surface area (Å²) < 4.78 is 0. The maximum absolute atomic E-state index is 2.52. The Labute approximate surface area is 366 Å². The Kier molecular flexibility index (Phi) is 39.1. The van der Waals surface area contributed by atoms with Crippen LogP contribution in [-0.2, 0) is 0 Å². The molecule has 8 saturated heterocycles. The molecule has 8 aliphatic rings. The van der Waals surface area contributed by atoms with E-state index in [0.717, 1.165) is 0 Å². The molecule has 0 aromatic heterocycles. The molecule has 0 radical (unpaired) electrons. The first-order valence-electron chi connectivity index (χ1n) is 26.2. The maximum Gasteiger partial charge on any atom is -0.000665 e. The van der Waals surface area contributed by atoms with E-state index in [4.69, 9.17) is 0 Å². The summed E-state index contributed by atoms with van der Waals surface area (Å²) >= 11 is 0. The molecule has 0 atom stereocenters. The minimum absolute atomic E-state index is 1.25. The SMILES string of the molecule is CCN1CCC1.CCN1CCC1.CCN1CCCC1.CCN1CCCC1.CCN1CCCCC1.CCN1CCCCC1.CCN1CCCCC1.CCN1CCCCC1. The van der Waals surface area contributed by atoms with Crippen molar-refractivity contribution >= 4 is 0 Å². The minimum Gasteiger partial charge on any atom is -0.304 e. The number of piperidine rings is 4. The summed E-state index contributed by atoms with van der Waals surface area (Å²) in [6.45, 7) is 49.3. The van der Waals surface area contributed by atoms with Gasteiger partial charge in [-0.25, -0.2) is 0 Å². The second kappa shape index (κ2) is 40.7. The van der Waals surface area contributed by atoms with Gasteiger partial charge in [0.2, 0.25) is 0 Å². The fraction of sp³-hybridized carbons (Fsp3) is 1.00. The van der Waals surface area contributed by atoms with Gasteiger partial charge >= 0.3 is 0 Å². The summed E-state index contributed by atoms with van der Waals surface area (Å²) in [5, 5.41) is 0. The summed E-state index contributed by atoms with van der Waals surface area (Å²) in [5.41, 5.74) is 0. The Morgan fingerprint density at radius 1 is 0.155 bits per heavy atom. The van der Waals surface area contributed by atoms with Gasteiger partial charge in [-0.3, -0.25) is 0 Å². The van der Waals surface area contributed by atoms with Crippen LogP contribution in [0.2, 0.25) is 0 Å². The molecule has 8 fully saturated rings. The zero-order valence-electron chi connectivity index (χ0n) is 41.3. The molecule has 8 rings (SSSR count). The maximum atomic E-state index is 2.52. The molecule has 0 N–H and O–H groups in total. The molecular formula is C50H108N8. The van der Waals surface area contributed by atoms with Crippen LogP contribution in [0.1, 0.15) is 171 Å². The highest BCUT2D eigenvalue weighted by Gasteiger charge is 2.11. The lowest BCUT2D eigenvalue weighted by atomic mass is 10.1. The van der Waals surface area contributed by atoms with Crippen molar-refractivity contribution in [3.63, 3.8) is 0 Å². The molecule has 8 nitrogen and oxygen atoms in total. The van der Waals surface area contributed by atoms with Gasteiger partial charge in [-0.05, 0) is 247 Å². The molecule has 8 heteroatoms. The molecule has 58 heavy (non-hydrogen) atoms. The second-order valence-corrected chi connectivity index (χ2v) is 17.8. The smallest absolute Gasteiger partial charge is 0.000665 e. The summed E-state index contributed by atoms with van der Waals surface area (Å²) in [5.74, 6) is 0. The molecule has 348 valence electrons. The largest absolute Gasteiger partial charge is 0.304 e. The molecule has 0 unspecified atom stereocenters. The predicted molar refractivity (Wildman–Crippen MR) is 260 cm³/mol. The highest BCUT2D eigenvalue weighted by molar-refractivity contribution is 4.67. The van der Waals surface area contributed by atoms with E-state index in [-0.39, 0.29) is 0 Å². The number of nitrogens with zero attached hydrogens (tertiary/aromatic N) is 8. The van der Waals surface area contributed by atoms with Crippen molar-refractivity contribution in [2.24, 2.45) is 0 Å². The van der Waals surface area contributed by atoms with Crippen LogP contribution in [0.15, 0.2) is 0 Å². The van der Waals surface area contributed by atoms with Crippen molar-refractivity contribution < 1.29 is 0 Å². The fourth-order valence-corrected chi connectivity index (χ4v) is 8.70. The summed E-state index contributed by atoms with van der Waals surface area (Å²) in [6, 6.07) is 0. The van der Waals surface area contributed by atoms with Crippen molar-refractivity contribution in [3.8, 4) is 0 Å². The van der Waals surface area contributed by atoms with Crippen molar-refractivity contribution in [1.29, 1.82) is 0 Å². The topological polar surface area (TPSA) is 25.9 Å². The summed E-state index contributed by atoms with van der Waals surface area (Å²) in [4.78, 5) is 19.9. The van der Waals surface area contributed by atoms with E-state index in [1.807, 2.05) is 0 Å². The number of rotatable bonds is 8. The van der Waals surface area contributed by atoms with E-state index >= 15 is 0 Å². The van der Waals surface area contributed by atoms with E-state index in [2.05, 4.69) is 94.6 Å². The first kappa shape index (κ1) is 55.7. The first-order valence-corrected chi connectivity index (χ1v) is 26.2. The number of hydrogen-bond acceptors (Lipinski definition) is 8.